The van der Waals surface area contributed by atoms with Crippen LogP contribution in [0.15, 0.2) is 48.5 Å². The molecule has 1 amide bonds. The van der Waals surface area contributed by atoms with Crippen molar-refractivity contribution in [1.29, 1.82) is 0 Å². The maximum Gasteiger partial charge on any atom is 0.254 e. The smallest absolute Gasteiger partial charge is 0.254 e. The van der Waals surface area contributed by atoms with E-state index in [1.165, 1.54) is 38.0 Å². The Morgan fingerprint density at radius 1 is 0.800 bits per heavy atom. The van der Waals surface area contributed by atoms with E-state index >= 15 is 0 Å². The van der Waals surface area contributed by atoms with E-state index in [0.717, 1.165) is 57.0 Å². The van der Waals surface area contributed by atoms with Gasteiger partial charge < -0.3 is 24.2 Å². The van der Waals surface area contributed by atoms with Crippen molar-refractivity contribution in [2.24, 2.45) is 0 Å². The fraction of sp³-hybridized carbons (Fsp3) is 0.552. The molecule has 0 aliphatic carbocycles. The van der Waals surface area contributed by atoms with Gasteiger partial charge in [-0.1, -0.05) is 25.8 Å². The van der Waals surface area contributed by atoms with E-state index in [-0.39, 0.29) is 5.91 Å². The van der Waals surface area contributed by atoms with Crippen molar-refractivity contribution in [3.63, 3.8) is 0 Å². The van der Waals surface area contributed by atoms with Gasteiger partial charge >= 0.3 is 0 Å². The zero-order valence-corrected chi connectivity index (χ0v) is 21.3. The average Bonchev–Trinajstić information content (AvgIpc) is 2.92. The van der Waals surface area contributed by atoms with Crippen molar-refractivity contribution in [2.45, 2.75) is 45.4 Å². The van der Waals surface area contributed by atoms with Crippen LogP contribution in [0.1, 0.15) is 55.8 Å². The number of unbranched alkanes of at least 4 members (excludes halogenated alkanes) is 1. The summed E-state index contributed by atoms with van der Waals surface area (Å²) in [5, 5.41) is 0. The van der Waals surface area contributed by atoms with Crippen LogP contribution in [-0.2, 0) is 0 Å². The van der Waals surface area contributed by atoms with Crippen LogP contribution in [0.5, 0.6) is 11.5 Å². The lowest BCUT2D eigenvalue weighted by Crippen LogP contribution is -2.48. The second kappa shape index (κ2) is 13.4. The number of carbonyl (C=O) groups excluding carboxylic acids is 1. The third-order valence-electron chi connectivity index (χ3n) is 6.95. The van der Waals surface area contributed by atoms with E-state index < -0.39 is 0 Å². The molecule has 2 aliphatic rings. The number of amides is 1. The minimum Gasteiger partial charge on any atom is -0.494 e. The van der Waals surface area contributed by atoms with Crippen LogP contribution in [0.4, 0.5) is 5.69 Å². The van der Waals surface area contributed by atoms with Crippen LogP contribution >= 0.6 is 0 Å². The van der Waals surface area contributed by atoms with Gasteiger partial charge in [-0.25, -0.2) is 0 Å². The number of nitrogens with zero attached hydrogens (tertiary/aromatic N) is 3. The SMILES string of the molecule is CCCCOc1cccc(C(=O)N2CCN(c3ccc(OCCCN4CCCCC4)cc3)CC2)c1. The monoisotopic (exact) mass is 479 g/mol. The summed E-state index contributed by atoms with van der Waals surface area (Å²) in [6, 6.07) is 16.0. The molecular weight excluding hydrogens is 438 g/mol. The molecule has 2 fully saturated rings. The van der Waals surface area contributed by atoms with E-state index in [4.69, 9.17) is 9.47 Å². The number of ether oxygens (including phenoxy) is 2. The Labute approximate surface area is 210 Å². The Morgan fingerprint density at radius 3 is 2.26 bits per heavy atom. The van der Waals surface area contributed by atoms with E-state index in [1.54, 1.807) is 0 Å². The molecule has 0 atom stereocenters. The van der Waals surface area contributed by atoms with Crippen LogP contribution in [-0.4, -0.2) is 74.7 Å². The van der Waals surface area contributed by atoms with Gasteiger partial charge in [0.05, 0.1) is 13.2 Å². The van der Waals surface area contributed by atoms with E-state index in [1.807, 2.05) is 29.2 Å². The number of rotatable bonds is 11. The lowest BCUT2D eigenvalue weighted by Gasteiger charge is -2.36. The van der Waals surface area contributed by atoms with Crippen molar-refractivity contribution >= 4 is 11.6 Å². The van der Waals surface area contributed by atoms with Crippen molar-refractivity contribution < 1.29 is 14.3 Å². The fourth-order valence-electron chi connectivity index (χ4n) is 4.82. The summed E-state index contributed by atoms with van der Waals surface area (Å²) in [6.45, 7) is 10.3. The minimum atomic E-state index is 0.0823. The normalized spacial score (nSPS) is 16.8. The third-order valence-corrected chi connectivity index (χ3v) is 6.95. The van der Waals surface area contributed by atoms with Gasteiger partial charge in [0.25, 0.3) is 5.91 Å². The zero-order valence-electron chi connectivity index (χ0n) is 21.3. The van der Waals surface area contributed by atoms with Gasteiger partial charge in [0.1, 0.15) is 11.5 Å². The Hall–Kier alpha value is -2.73. The largest absolute Gasteiger partial charge is 0.494 e. The topological polar surface area (TPSA) is 45.3 Å². The molecule has 0 bridgehead atoms. The maximum absolute atomic E-state index is 13.0. The van der Waals surface area contributed by atoms with Gasteiger partial charge in [-0.2, -0.15) is 0 Å². The molecule has 6 nitrogen and oxygen atoms in total. The van der Waals surface area contributed by atoms with Crippen LogP contribution in [0.2, 0.25) is 0 Å². The highest BCUT2D eigenvalue weighted by Crippen LogP contribution is 2.22. The molecule has 0 aromatic heterocycles. The second-order valence-corrected chi connectivity index (χ2v) is 9.61. The number of likely N-dealkylation sites (tertiary alicyclic amines) is 1. The third kappa shape index (κ3) is 7.63. The molecule has 6 heteroatoms. The second-order valence-electron chi connectivity index (χ2n) is 9.61. The quantitative estimate of drug-likeness (QED) is 0.421. The number of carbonyl (C=O) groups is 1. The summed E-state index contributed by atoms with van der Waals surface area (Å²) in [5.74, 6) is 1.79. The average molecular weight is 480 g/mol. The highest BCUT2D eigenvalue weighted by molar-refractivity contribution is 5.94. The maximum atomic E-state index is 13.0. The van der Waals surface area contributed by atoms with Crippen LogP contribution in [0, 0.1) is 0 Å². The van der Waals surface area contributed by atoms with Crippen LogP contribution < -0.4 is 14.4 Å². The first-order chi connectivity index (χ1) is 17.2. The molecule has 2 aromatic rings. The predicted octanol–water partition coefficient (Wildman–Crippen LogP) is 5.08. The van der Waals surface area contributed by atoms with Crippen molar-refractivity contribution in [3.05, 3.63) is 54.1 Å². The van der Waals surface area contributed by atoms with Gasteiger partial charge in [-0.15, -0.1) is 0 Å². The Kier molecular flexibility index (Phi) is 9.70. The Bertz CT molecular complexity index is 904. The van der Waals surface area contributed by atoms with Crippen molar-refractivity contribution in [1.82, 2.24) is 9.80 Å². The molecule has 0 spiro atoms. The van der Waals surface area contributed by atoms with Gasteiger partial charge in [0.15, 0.2) is 0 Å². The van der Waals surface area contributed by atoms with E-state index in [9.17, 15) is 4.79 Å². The molecule has 0 unspecified atom stereocenters. The zero-order chi connectivity index (χ0) is 24.3. The molecule has 35 heavy (non-hydrogen) atoms. The molecule has 2 heterocycles. The molecule has 2 saturated heterocycles. The number of piperazine rings is 1. The molecular formula is C29H41N3O3. The summed E-state index contributed by atoms with van der Waals surface area (Å²) in [6.07, 6.45) is 7.25. The highest BCUT2D eigenvalue weighted by atomic mass is 16.5. The summed E-state index contributed by atoms with van der Waals surface area (Å²) >= 11 is 0. The molecule has 190 valence electrons. The number of benzene rings is 2. The molecule has 0 N–H and O–H groups in total. The number of piperidine rings is 1. The molecule has 0 saturated carbocycles. The Balaban J connectivity index is 1.20. The summed E-state index contributed by atoms with van der Waals surface area (Å²) < 4.78 is 11.7. The number of anilines is 1. The van der Waals surface area contributed by atoms with Crippen molar-refractivity contribution in [2.75, 3.05) is 63.9 Å². The molecule has 2 aliphatic heterocycles. The summed E-state index contributed by atoms with van der Waals surface area (Å²) in [5.41, 5.74) is 1.89. The predicted molar refractivity (Wildman–Crippen MR) is 142 cm³/mol. The number of hydrogen-bond acceptors (Lipinski definition) is 5. The fourth-order valence-corrected chi connectivity index (χ4v) is 4.82. The standard InChI is InChI=1S/C29H41N3O3/c1-2-3-22-35-28-10-7-9-25(24-28)29(33)32-20-18-31(19-21-32)26-11-13-27(14-12-26)34-23-8-17-30-15-5-4-6-16-30/h7,9-14,24H,2-6,8,15-23H2,1H3. The van der Waals surface area contributed by atoms with Gasteiger partial charge in [-0.05, 0) is 81.2 Å². The minimum absolute atomic E-state index is 0.0823. The summed E-state index contributed by atoms with van der Waals surface area (Å²) in [7, 11) is 0. The van der Waals surface area contributed by atoms with Gasteiger partial charge in [0.2, 0.25) is 0 Å². The number of hydrogen-bond donors (Lipinski definition) is 0. The van der Waals surface area contributed by atoms with E-state index in [2.05, 4.69) is 41.0 Å². The highest BCUT2D eigenvalue weighted by Gasteiger charge is 2.22. The molecule has 4 rings (SSSR count). The lowest BCUT2D eigenvalue weighted by atomic mass is 10.1. The van der Waals surface area contributed by atoms with E-state index in [0.29, 0.717) is 25.3 Å². The lowest BCUT2D eigenvalue weighted by molar-refractivity contribution is 0.0746. The van der Waals surface area contributed by atoms with Gasteiger partial charge in [-0.3, -0.25) is 4.79 Å². The first-order valence-electron chi connectivity index (χ1n) is 13.5. The molecule has 0 radical (unpaired) electrons. The van der Waals surface area contributed by atoms with Crippen molar-refractivity contribution in [3.8, 4) is 11.5 Å². The first kappa shape index (κ1) is 25.4. The Morgan fingerprint density at radius 2 is 1.51 bits per heavy atom. The molecule has 2 aromatic carbocycles. The van der Waals surface area contributed by atoms with Crippen LogP contribution in [0.3, 0.4) is 0 Å². The van der Waals surface area contributed by atoms with Crippen LogP contribution in [0.25, 0.3) is 0 Å². The summed E-state index contributed by atoms with van der Waals surface area (Å²) in [4.78, 5) is 19.9. The first-order valence-corrected chi connectivity index (χ1v) is 13.5. The van der Waals surface area contributed by atoms with Gasteiger partial charge in [0, 0.05) is 44.0 Å².